The van der Waals surface area contributed by atoms with Crippen LogP contribution in [0.5, 0.6) is 0 Å². The predicted octanol–water partition coefficient (Wildman–Crippen LogP) is 13.4. The van der Waals surface area contributed by atoms with Crippen molar-refractivity contribution in [2.75, 3.05) is 4.90 Å². The standard InChI is InChI=1S/C55H39N/c1-54-40-21-14-16-37(33-40)43-22-11-13-26-52(43)56(41-28-31-46(50(54)34-41)45-24-10-12-25-49(45)54)42-29-32-47-48-30-27-36-15-8-9-23-44(36)53(48)55(51(47)35-42,38-17-4-2-5-18-38)39-19-6-3-7-20-39/h2-33,35,41H,34H2,1H3. The van der Waals surface area contributed by atoms with Crippen molar-refractivity contribution in [2.45, 2.75) is 30.2 Å². The van der Waals surface area contributed by atoms with Gasteiger partial charge in [0.1, 0.15) is 0 Å². The van der Waals surface area contributed by atoms with E-state index < -0.39 is 5.41 Å². The minimum atomic E-state index is -0.529. The van der Waals surface area contributed by atoms with Crippen molar-refractivity contribution in [3.05, 3.63) is 245 Å². The van der Waals surface area contributed by atoms with E-state index >= 15 is 0 Å². The molecule has 1 aliphatic heterocycles. The fraction of sp³-hybridized carbons (Fsp3) is 0.0909. The minimum Gasteiger partial charge on any atom is -0.334 e. The third kappa shape index (κ3) is 4.10. The van der Waals surface area contributed by atoms with Gasteiger partial charge in [0.05, 0.1) is 11.5 Å². The molecule has 0 aromatic heterocycles. The van der Waals surface area contributed by atoms with Crippen LogP contribution in [0.25, 0.3) is 38.6 Å². The first-order valence-electron chi connectivity index (χ1n) is 19.9. The summed E-state index contributed by atoms with van der Waals surface area (Å²) in [5, 5.41) is 2.56. The molecular weight excluding hydrogens is 675 g/mol. The lowest BCUT2D eigenvalue weighted by atomic mass is 9.66. The molecule has 0 fully saturated rings. The summed E-state index contributed by atoms with van der Waals surface area (Å²) in [6.07, 6.45) is 5.84. The largest absolute Gasteiger partial charge is 0.334 e. The molecule has 0 spiro atoms. The molecule has 56 heavy (non-hydrogen) atoms. The summed E-state index contributed by atoms with van der Waals surface area (Å²) in [4.78, 5) is 2.65. The Balaban J connectivity index is 1.15. The average molecular weight is 714 g/mol. The predicted molar refractivity (Wildman–Crippen MR) is 233 cm³/mol. The van der Waals surface area contributed by atoms with E-state index in [1.54, 1.807) is 0 Å². The molecule has 1 nitrogen and oxygen atoms in total. The molecule has 0 saturated carbocycles. The van der Waals surface area contributed by atoms with Crippen molar-refractivity contribution >= 4 is 27.7 Å². The van der Waals surface area contributed by atoms with Crippen molar-refractivity contribution in [3.63, 3.8) is 0 Å². The summed E-state index contributed by atoms with van der Waals surface area (Å²) in [5.41, 5.74) is 19.1. The number of hydrogen-bond acceptors (Lipinski definition) is 1. The van der Waals surface area contributed by atoms with Gasteiger partial charge in [-0.05, 0) is 115 Å². The van der Waals surface area contributed by atoms with Crippen molar-refractivity contribution in [2.24, 2.45) is 0 Å². The minimum absolute atomic E-state index is 0.109. The van der Waals surface area contributed by atoms with Crippen molar-refractivity contribution in [3.8, 4) is 22.3 Å². The van der Waals surface area contributed by atoms with E-state index in [0.717, 1.165) is 6.42 Å². The maximum absolute atomic E-state index is 2.65. The normalized spacial score (nSPS) is 19.3. The Morgan fingerprint density at radius 3 is 2.02 bits per heavy atom. The maximum atomic E-state index is 2.65. The lowest BCUT2D eigenvalue weighted by molar-refractivity contribution is 0.620. The van der Waals surface area contributed by atoms with E-state index in [1.807, 2.05) is 0 Å². The number of benzene rings is 8. The van der Waals surface area contributed by atoms with Crippen LogP contribution in [0.3, 0.4) is 0 Å². The number of rotatable bonds is 3. The second-order valence-electron chi connectivity index (χ2n) is 16.1. The topological polar surface area (TPSA) is 3.24 Å². The first kappa shape index (κ1) is 31.6. The first-order chi connectivity index (χ1) is 27.7. The van der Waals surface area contributed by atoms with Crippen molar-refractivity contribution in [1.29, 1.82) is 0 Å². The third-order valence-electron chi connectivity index (χ3n) is 13.5. The van der Waals surface area contributed by atoms with Gasteiger partial charge >= 0.3 is 0 Å². The molecule has 0 radical (unpaired) electrons. The van der Waals surface area contributed by atoms with E-state index in [-0.39, 0.29) is 11.5 Å². The Bertz CT molecular complexity index is 2930. The first-order valence-corrected chi connectivity index (χ1v) is 19.9. The smallest absolute Gasteiger partial charge is 0.0720 e. The molecular formula is C55H39N. The van der Waals surface area contributed by atoms with Crippen LogP contribution in [0.15, 0.2) is 206 Å². The second kappa shape index (κ2) is 11.7. The molecule has 0 N–H and O–H groups in total. The van der Waals surface area contributed by atoms with Crippen LogP contribution in [-0.4, -0.2) is 6.04 Å². The quantitative estimate of drug-likeness (QED) is 0.176. The second-order valence-corrected chi connectivity index (χ2v) is 16.1. The van der Waals surface area contributed by atoms with Crippen LogP contribution in [0, 0.1) is 0 Å². The van der Waals surface area contributed by atoms with Gasteiger partial charge in [0, 0.05) is 22.4 Å². The highest BCUT2D eigenvalue weighted by Crippen LogP contribution is 2.60. The molecule has 1 heterocycles. The van der Waals surface area contributed by atoms with Crippen LogP contribution in [0.4, 0.5) is 11.4 Å². The molecule has 0 amide bonds. The third-order valence-corrected chi connectivity index (χ3v) is 13.5. The zero-order chi connectivity index (χ0) is 37.0. The summed E-state index contributed by atoms with van der Waals surface area (Å²) < 4.78 is 0. The van der Waals surface area contributed by atoms with Gasteiger partial charge in [0.25, 0.3) is 0 Å². The van der Waals surface area contributed by atoms with Gasteiger partial charge in [-0.1, -0.05) is 176 Å². The van der Waals surface area contributed by atoms with Crippen LogP contribution >= 0.6 is 0 Å². The lowest BCUT2D eigenvalue weighted by Gasteiger charge is -2.41. The lowest BCUT2D eigenvalue weighted by Crippen LogP contribution is -2.36. The SMILES string of the molecule is CC12C3=C(C=CC(C3)N(c3ccc4c(c3)C(c3ccccc3)(c3ccccc3)c3c-4ccc4ccccc34)c3ccccc3-c3cccc1c3)c1ccccc12. The highest BCUT2D eigenvalue weighted by molar-refractivity contribution is 6.01. The number of fused-ring (bicyclic) bond motifs is 14. The number of nitrogens with zero attached hydrogens (tertiary/aromatic N) is 1. The van der Waals surface area contributed by atoms with Gasteiger partial charge in [0.2, 0.25) is 0 Å². The van der Waals surface area contributed by atoms with Crippen LogP contribution in [0.2, 0.25) is 0 Å². The Morgan fingerprint density at radius 1 is 0.518 bits per heavy atom. The van der Waals surface area contributed by atoms with E-state index in [2.05, 4.69) is 212 Å². The van der Waals surface area contributed by atoms with Crippen LogP contribution < -0.4 is 4.90 Å². The van der Waals surface area contributed by atoms with E-state index in [1.165, 1.54) is 94.5 Å². The summed E-state index contributed by atoms with van der Waals surface area (Å²) >= 11 is 0. The van der Waals surface area contributed by atoms with E-state index in [9.17, 15) is 0 Å². The van der Waals surface area contributed by atoms with Crippen molar-refractivity contribution in [1.82, 2.24) is 0 Å². The molecule has 3 aliphatic carbocycles. The number of allylic oxidation sites excluding steroid dienone is 2. The molecule has 4 aliphatic rings. The number of hydrogen-bond donors (Lipinski definition) is 0. The Morgan fingerprint density at radius 2 is 1.20 bits per heavy atom. The number of para-hydroxylation sites is 1. The molecule has 12 rings (SSSR count). The Hall–Kier alpha value is -6.70. The van der Waals surface area contributed by atoms with Gasteiger partial charge in [-0.3, -0.25) is 0 Å². The molecule has 264 valence electrons. The Labute approximate surface area is 328 Å². The Kier molecular flexibility index (Phi) is 6.58. The maximum Gasteiger partial charge on any atom is 0.0720 e. The monoisotopic (exact) mass is 713 g/mol. The summed E-state index contributed by atoms with van der Waals surface area (Å²) in [6, 6.07) is 71.1. The van der Waals surface area contributed by atoms with Gasteiger partial charge in [-0.2, -0.15) is 0 Å². The molecule has 2 atom stereocenters. The molecule has 1 heteroatoms. The van der Waals surface area contributed by atoms with Crippen LogP contribution in [0.1, 0.15) is 52.3 Å². The summed E-state index contributed by atoms with van der Waals surface area (Å²) in [6.45, 7) is 2.46. The molecule has 0 saturated heterocycles. The zero-order valence-corrected chi connectivity index (χ0v) is 31.3. The van der Waals surface area contributed by atoms with Gasteiger partial charge in [-0.15, -0.1) is 0 Å². The fourth-order valence-electron chi connectivity index (χ4n) is 11.1. The number of anilines is 2. The highest BCUT2D eigenvalue weighted by Gasteiger charge is 2.49. The molecule has 4 bridgehead atoms. The highest BCUT2D eigenvalue weighted by atomic mass is 15.2. The van der Waals surface area contributed by atoms with Crippen molar-refractivity contribution < 1.29 is 0 Å². The fourth-order valence-corrected chi connectivity index (χ4v) is 11.1. The summed E-state index contributed by atoms with van der Waals surface area (Å²) in [7, 11) is 0. The van der Waals surface area contributed by atoms with Gasteiger partial charge < -0.3 is 4.90 Å². The van der Waals surface area contributed by atoms with Crippen LogP contribution in [-0.2, 0) is 10.8 Å². The average Bonchev–Trinajstić information content (AvgIpc) is 3.72. The van der Waals surface area contributed by atoms with E-state index in [4.69, 9.17) is 0 Å². The zero-order valence-electron chi connectivity index (χ0n) is 31.3. The van der Waals surface area contributed by atoms with Gasteiger partial charge in [-0.25, -0.2) is 0 Å². The molecule has 8 aromatic rings. The molecule has 2 unspecified atom stereocenters. The molecule has 8 aromatic carbocycles. The van der Waals surface area contributed by atoms with E-state index in [0.29, 0.717) is 0 Å². The van der Waals surface area contributed by atoms with Gasteiger partial charge in [0.15, 0.2) is 0 Å². The summed E-state index contributed by atoms with van der Waals surface area (Å²) in [5.74, 6) is 0.